The number of rotatable bonds is 10. The van der Waals surface area contributed by atoms with Gasteiger partial charge in [0.1, 0.15) is 22.8 Å². The number of hydrogen-bond acceptors (Lipinski definition) is 13. The van der Waals surface area contributed by atoms with Gasteiger partial charge in [-0.1, -0.05) is 44.1 Å². The van der Waals surface area contributed by atoms with Gasteiger partial charge in [-0.25, -0.2) is 5.43 Å². The SMILES string of the molecule is CC/C(=N/NC(=O)CCOC1/C=C/CCCCC1)[C@]1(O)Cc2c(O)c3c(c(O)c2[C@@H](OC2C[C@H](N)[C@H](O)[C@H](C)O2)C1)C(=O)c1c(OC)cccc1C3=O. The van der Waals surface area contributed by atoms with Crippen LogP contribution >= 0.6 is 0 Å². The largest absolute Gasteiger partial charge is 0.507 e. The third-order valence-electron chi connectivity index (χ3n) is 10.7. The first-order valence-electron chi connectivity index (χ1n) is 18.4. The number of ketones is 2. The topological polar surface area (TPSA) is 219 Å². The standard InChI is InChI=1S/C39H49N3O11/c1-4-27(41-42-28(43)15-16-51-21-11-8-6-5-7-9-12-21)39(49)18-23-31(26(19-39)53-29-17-24(40)34(44)20(2)52-29)38(48)33-32(36(23)46)35(45)22-13-10-14-25(50-3)30(22)37(33)47/h8,10-11,13-14,20-21,24,26,29,34,44,46,48-49H,4-7,9,12,15-19,40H2,1-3H3,(H,42,43)/b11-8+,41-27-/t20-,21?,24-,26-,29?,34+,39-/m0/s1. The maximum Gasteiger partial charge on any atom is 0.242 e. The molecule has 0 radical (unpaired) electrons. The maximum atomic E-state index is 14.0. The Morgan fingerprint density at radius 1 is 1.11 bits per heavy atom. The Kier molecular flexibility index (Phi) is 11.7. The predicted molar refractivity (Wildman–Crippen MR) is 192 cm³/mol. The van der Waals surface area contributed by atoms with Crippen LogP contribution in [0.15, 0.2) is 35.5 Å². The molecule has 7 atom stereocenters. The minimum Gasteiger partial charge on any atom is -0.507 e. The van der Waals surface area contributed by atoms with Crippen LogP contribution in [0, 0.1) is 0 Å². The zero-order valence-corrected chi connectivity index (χ0v) is 30.3. The molecule has 286 valence electrons. The molecule has 0 saturated carbocycles. The van der Waals surface area contributed by atoms with E-state index in [4.69, 9.17) is 24.7 Å². The Bertz CT molecular complexity index is 1800. The highest BCUT2D eigenvalue weighted by Crippen LogP contribution is 2.52. The number of carbonyl (C=O) groups is 3. The first kappa shape index (κ1) is 38.5. The molecule has 53 heavy (non-hydrogen) atoms. The van der Waals surface area contributed by atoms with E-state index in [9.17, 15) is 34.8 Å². The van der Waals surface area contributed by atoms with Gasteiger partial charge in [-0.3, -0.25) is 14.4 Å². The first-order valence-corrected chi connectivity index (χ1v) is 18.4. The molecule has 1 heterocycles. The fraction of sp³-hybridized carbons (Fsp3) is 0.538. The van der Waals surface area contributed by atoms with Crippen molar-refractivity contribution in [3.05, 3.63) is 63.7 Å². The zero-order valence-electron chi connectivity index (χ0n) is 30.3. The molecule has 6 rings (SSSR count). The summed E-state index contributed by atoms with van der Waals surface area (Å²) in [6.45, 7) is 3.55. The predicted octanol–water partition coefficient (Wildman–Crippen LogP) is 3.62. The van der Waals surface area contributed by atoms with Gasteiger partial charge in [-0.15, -0.1) is 0 Å². The minimum atomic E-state index is -1.87. The minimum absolute atomic E-state index is 0.0127. The van der Waals surface area contributed by atoms with Crippen LogP contribution in [0.1, 0.15) is 121 Å². The van der Waals surface area contributed by atoms with Gasteiger partial charge >= 0.3 is 0 Å². The lowest BCUT2D eigenvalue weighted by Gasteiger charge is -2.43. The number of methoxy groups -OCH3 is 1. The lowest BCUT2D eigenvalue weighted by Crippen LogP contribution is -2.52. The number of nitrogens with two attached hydrogens (primary N) is 1. The van der Waals surface area contributed by atoms with E-state index < -0.39 is 76.3 Å². The molecule has 1 amide bonds. The molecule has 3 aliphatic carbocycles. The quantitative estimate of drug-likeness (QED) is 0.0762. The molecular formula is C39H49N3O11. The van der Waals surface area contributed by atoms with Crippen LogP contribution in [-0.2, 0) is 25.4 Å². The number of aliphatic hydroxyl groups is 2. The van der Waals surface area contributed by atoms with Crippen molar-refractivity contribution in [1.29, 1.82) is 0 Å². The Balaban J connectivity index is 1.33. The molecule has 1 saturated heterocycles. The Hall–Kier alpha value is -4.18. The molecule has 2 aromatic rings. The number of benzene rings is 2. The van der Waals surface area contributed by atoms with Crippen LogP contribution in [0.5, 0.6) is 17.2 Å². The number of hydrazone groups is 1. The second-order valence-corrected chi connectivity index (χ2v) is 14.3. The number of nitrogens with one attached hydrogen (secondary N) is 1. The number of carbonyl (C=O) groups excluding carboxylic acids is 3. The molecule has 0 bridgehead atoms. The van der Waals surface area contributed by atoms with Crippen molar-refractivity contribution in [2.45, 2.75) is 120 Å². The molecule has 2 unspecified atom stereocenters. The Labute approximate surface area is 307 Å². The molecule has 7 N–H and O–H groups in total. The third kappa shape index (κ3) is 7.62. The van der Waals surface area contributed by atoms with Gasteiger partial charge in [-0.2, -0.15) is 5.10 Å². The molecule has 14 nitrogen and oxygen atoms in total. The average molecular weight is 736 g/mol. The molecular weight excluding hydrogens is 686 g/mol. The Morgan fingerprint density at radius 2 is 1.89 bits per heavy atom. The highest BCUT2D eigenvalue weighted by atomic mass is 16.7. The summed E-state index contributed by atoms with van der Waals surface area (Å²) in [5.74, 6) is -2.95. The van der Waals surface area contributed by atoms with Gasteiger partial charge in [-0.05, 0) is 38.7 Å². The van der Waals surface area contributed by atoms with Crippen LogP contribution in [0.25, 0.3) is 0 Å². The van der Waals surface area contributed by atoms with Gasteiger partial charge in [0, 0.05) is 42.0 Å². The van der Waals surface area contributed by atoms with Crippen molar-refractivity contribution in [3.8, 4) is 17.2 Å². The van der Waals surface area contributed by atoms with Crippen molar-refractivity contribution in [2.75, 3.05) is 13.7 Å². The second kappa shape index (κ2) is 16.0. The van der Waals surface area contributed by atoms with E-state index in [2.05, 4.69) is 16.6 Å². The van der Waals surface area contributed by atoms with Gasteiger partial charge in [0.05, 0.1) is 67.0 Å². The maximum absolute atomic E-state index is 14.0. The van der Waals surface area contributed by atoms with Gasteiger partial charge in [0.25, 0.3) is 0 Å². The number of ether oxygens (including phenoxy) is 4. The number of allylic oxidation sites excluding steroid dienone is 1. The van der Waals surface area contributed by atoms with E-state index in [0.717, 1.165) is 32.1 Å². The summed E-state index contributed by atoms with van der Waals surface area (Å²) >= 11 is 0. The summed E-state index contributed by atoms with van der Waals surface area (Å²) in [5, 5.41) is 50.8. The summed E-state index contributed by atoms with van der Waals surface area (Å²) in [4.78, 5) is 40.8. The van der Waals surface area contributed by atoms with E-state index in [0.29, 0.717) is 0 Å². The number of amides is 1. The smallest absolute Gasteiger partial charge is 0.242 e. The van der Waals surface area contributed by atoms with Crippen LogP contribution in [0.2, 0.25) is 0 Å². The summed E-state index contributed by atoms with van der Waals surface area (Å²) in [7, 11) is 1.35. The average Bonchev–Trinajstić information content (AvgIpc) is 3.11. The first-order chi connectivity index (χ1) is 25.4. The van der Waals surface area contributed by atoms with Crippen LogP contribution < -0.4 is 15.9 Å². The van der Waals surface area contributed by atoms with E-state index in [1.165, 1.54) is 19.2 Å². The van der Waals surface area contributed by atoms with E-state index >= 15 is 0 Å². The van der Waals surface area contributed by atoms with Crippen LogP contribution in [0.4, 0.5) is 0 Å². The molecule has 1 fully saturated rings. The molecule has 2 aromatic carbocycles. The number of phenols is 2. The van der Waals surface area contributed by atoms with Crippen molar-refractivity contribution in [2.24, 2.45) is 10.8 Å². The molecule has 4 aliphatic rings. The van der Waals surface area contributed by atoms with Crippen molar-refractivity contribution in [3.63, 3.8) is 0 Å². The van der Waals surface area contributed by atoms with Crippen molar-refractivity contribution >= 4 is 23.2 Å². The summed E-state index contributed by atoms with van der Waals surface area (Å²) in [6.07, 6.45) is 5.06. The fourth-order valence-electron chi connectivity index (χ4n) is 7.88. The lowest BCUT2D eigenvalue weighted by atomic mass is 9.71. The lowest BCUT2D eigenvalue weighted by molar-refractivity contribution is -0.245. The Morgan fingerprint density at radius 3 is 2.62 bits per heavy atom. The zero-order chi connectivity index (χ0) is 38.0. The van der Waals surface area contributed by atoms with Crippen LogP contribution in [-0.4, -0.2) is 93.6 Å². The van der Waals surface area contributed by atoms with E-state index in [-0.39, 0.29) is 78.5 Å². The molecule has 1 aliphatic heterocycles. The fourth-order valence-corrected chi connectivity index (χ4v) is 7.88. The highest BCUT2D eigenvalue weighted by molar-refractivity contribution is 6.31. The van der Waals surface area contributed by atoms with Crippen molar-refractivity contribution < 1.29 is 53.8 Å². The number of phenolic OH excluding ortho intramolecular Hbond substituents is 2. The highest BCUT2D eigenvalue weighted by Gasteiger charge is 2.49. The monoisotopic (exact) mass is 735 g/mol. The van der Waals surface area contributed by atoms with E-state index in [1.54, 1.807) is 19.9 Å². The molecule has 0 spiro atoms. The summed E-state index contributed by atoms with van der Waals surface area (Å²) in [5.41, 5.74) is 6.03. The van der Waals surface area contributed by atoms with Gasteiger partial charge in [0.2, 0.25) is 11.7 Å². The van der Waals surface area contributed by atoms with Crippen molar-refractivity contribution in [1.82, 2.24) is 5.43 Å². The van der Waals surface area contributed by atoms with Gasteiger partial charge < -0.3 is 45.1 Å². The number of hydrogen-bond donors (Lipinski definition) is 6. The molecule has 0 aromatic heterocycles. The number of fused-ring (bicyclic) bond motifs is 3. The van der Waals surface area contributed by atoms with Crippen LogP contribution in [0.3, 0.4) is 0 Å². The van der Waals surface area contributed by atoms with Gasteiger partial charge in [0.15, 0.2) is 12.1 Å². The third-order valence-corrected chi connectivity index (χ3v) is 10.7. The number of aromatic hydroxyl groups is 2. The normalized spacial score (nSPS) is 29.3. The number of aliphatic hydroxyl groups excluding tert-OH is 1. The summed E-state index contributed by atoms with van der Waals surface area (Å²) < 4.78 is 23.5. The summed E-state index contributed by atoms with van der Waals surface area (Å²) in [6, 6.07) is 3.78. The second-order valence-electron chi connectivity index (χ2n) is 14.3. The molecule has 14 heteroatoms. The van der Waals surface area contributed by atoms with E-state index in [1.807, 2.05) is 6.08 Å². The number of nitrogens with zero attached hydrogens (tertiary/aromatic N) is 1.